The van der Waals surface area contributed by atoms with Gasteiger partial charge in [0.05, 0.1) is 7.11 Å². The average molecular weight is 322 g/mol. The van der Waals surface area contributed by atoms with Crippen LogP contribution >= 0.6 is 0 Å². The van der Waals surface area contributed by atoms with Gasteiger partial charge in [-0.2, -0.15) is 0 Å². The molecule has 132 valence electrons. The second kappa shape index (κ2) is 10.3. The van der Waals surface area contributed by atoms with E-state index < -0.39 is 0 Å². The molecule has 0 fully saturated rings. The van der Waals surface area contributed by atoms with Gasteiger partial charge in [0.1, 0.15) is 23.4 Å². The van der Waals surface area contributed by atoms with Crippen molar-refractivity contribution in [3.63, 3.8) is 0 Å². The van der Waals surface area contributed by atoms with Gasteiger partial charge in [0.15, 0.2) is 0 Å². The van der Waals surface area contributed by atoms with Gasteiger partial charge >= 0.3 is 0 Å². The Kier molecular flexibility index (Phi) is 9.62. The molecule has 0 unspecified atom stereocenters. The number of ether oxygens (including phenoxy) is 2. The fourth-order valence-electron chi connectivity index (χ4n) is 2.56. The van der Waals surface area contributed by atoms with Crippen LogP contribution in [-0.2, 0) is 14.3 Å². The Labute approximate surface area is 142 Å². The molecule has 0 atom stereocenters. The van der Waals surface area contributed by atoms with E-state index in [9.17, 15) is 0 Å². The van der Waals surface area contributed by atoms with Crippen LogP contribution in [0, 0.1) is 0 Å². The van der Waals surface area contributed by atoms with Gasteiger partial charge in [-0.1, -0.05) is 13.3 Å². The summed E-state index contributed by atoms with van der Waals surface area (Å²) in [4.78, 5) is 8.81. The molecule has 1 aliphatic rings. The molecule has 0 N–H and O–H groups in total. The lowest BCUT2D eigenvalue weighted by atomic mass is 10.0. The first-order chi connectivity index (χ1) is 10.7. The van der Waals surface area contributed by atoms with Crippen LogP contribution in [0.2, 0.25) is 0 Å². The summed E-state index contributed by atoms with van der Waals surface area (Å²) in [6.45, 7) is 14.4. The first-order valence-electron chi connectivity index (χ1n) is 8.44. The van der Waals surface area contributed by atoms with Crippen LogP contribution in [-0.4, -0.2) is 19.0 Å². The number of allylic oxidation sites excluding steroid dienone is 4. The third-order valence-corrected chi connectivity index (χ3v) is 3.98. The normalized spacial score (nSPS) is 15.4. The van der Waals surface area contributed by atoms with Crippen molar-refractivity contribution < 1.29 is 14.3 Å². The van der Waals surface area contributed by atoms with Crippen molar-refractivity contribution in [3.05, 3.63) is 34.3 Å². The summed E-state index contributed by atoms with van der Waals surface area (Å²) in [6.07, 6.45) is 7.30. The number of aldehydes is 1. The van der Waals surface area contributed by atoms with Crippen LogP contribution in [0.1, 0.15) is 74.1 Å². The maximum Gasteiger partial charge on any atom is 0.121 e. The van der Waals surface area contributed by atoms with Gasteiger partial charge in [0.25, 0.3) is 0 Å². The molecule has 1 aliphatic carbocycles. The number of unbranched alkanes of at least 4 members (excludes halogenated alkanes) is 1. The van der Waals surface area contributed by atoms with Gasteiger partial charge in [0.2, 0.25) is 0 Å². The van der Waals surface area contributed by atoms with Crippen LogP contribution in [0.3, 0.4) is 0 Å². The molecule has 0 amide bonds. The predicted octanol–water partition coefficient (Wildman–Crippen LogP) is 5.72. The van der Waals surface area contributed by atoms with Crippen molar-refractivity contribution in [1.29, 1.82) is 0 Å². The summed E-state index contributed by atoms with van der Waals surface area (Å²) in [5, 5.41) is 0. The summed E-state index contributed by atoms with van der Waals surface area (Å²) >= 11 is 0. The third kappa shape index (κ3) is 7.06. The minimum absolute atomic E-state index is 0.116. The summed E-state index contributed by atoms with van der Waals surface area (Å²) < 4.78 is 11.8. The van der Waals surface area contributed by atoms with E-state index in [-0.39, 0.29) is 5.60 Å². The first kappa shape index (κ1) is 21.5. The van der Waals surface area contributed by atoms with Crippen molar-refractivity contribution in [3.8, 4) is 0 Å². The number of rotatable bonds is 6. The molecule has 3 nitrogen and oxygen atoms in total. The topological polar surface area (TPSA) is 35.5 Å². The van der Waals surface area contributed by atoms with E-state index >= 15 is 0 Å². The van der Waals surface area contributed by atoms with Crippen molar-refractivity contribution in [2.45, 2.75) is 79.8 Å². The van der Waals surface area contributed by atoms with E-state index in [0.717, 1.165) is 30.6 Å². The summed E-state index contributed by atoms with van der Waals surface area (Å²) in [5.74, 6) is 2.01. The molecule has 0 aliphatic heterocycles. The number of hydrogen-bond acceptors (Lipinski definition) is 3. The molecule has 0 radical (unpaired) electrons. The minimum atomic E-state index is -0.116. The number of carbonyl (C=O) groups excluding carboxylic acids is 1. The van der Waals surface area contributed by atoms with Gasteiger partial charge in [-0.05, 0) is 83.6 Å². The van der Waals surface area contributed by atoms with E-state index in [1.54, 1.807) is 7.11 Å². The Morgan fingerprint density at radius 3 is 2.26 bits per heavy atom. The van der Waals surface area contributed by atoms with Crippen LogP contribution < -0.4 is 0 Å². The highest BCUT2D eigenvalue weighted by Gasteiger charge is 2.23. The van der Waals surface area contributed by atoms with Crippen LogP contribution in [0.25, 0.3) is 0 Å². The lowest BCUT2D eigenvalue weighted by molar-refractivity contribution is -0.106. The SMILES string of the molecule is CC=O.CCCCC(C)(C)OC1=CCC(C)=C(OC)C(C)=C1C. The molecule has 0 saturated carbocycles. The van der Waals surface area contributed by atoms with Gasteiger partial charge in [-0.15, -0.1) is 0 Å². The fraction of sp³-hybridized carbons (Fsp3) is 0.650. The van der Waals surface area contributed by atoms with Gasteiger partial charge < -0.3 is 14.3 Å². The molecule has 3 heteroatoms. The van der Waals surface area contributed by atoms with Gasteiger partial charge in [-0.25, -0.2) is 0 Å². The highest BCUT2D eigenvalue weighted by Crippen LogP contribution is 2.33. The van der Waals surface area contributed by atoms with Gasteiger partial charge in [0, 0.05) is 0 Å². The monoisotopic (exact) mass is 322 g/mol. The summed E-state index contributed by atoms with van der Waals surface area (Å²) in [5.41, 5.74) is 3.51. The fourth-order valence-corrected chi connectivity index (χ4v) is 2.56. The zero-order chi connectivity index (χ0) is 18.0. The minimum Gasteiger partial charge on any atom is -0.497 e. The number of methoxy groups -OCH3 is 1. The standard InChI is InChI=1S/C18H30O2.C2H4O/c1-8-9-12-18(5,6)20-16-11-10-13(2)17(19-7)15(4)14(16)3;1-2-3/h11H,8-10,12H2,1-7H3;2H,1H3. The summed E-state index contributed by atoms with van der Waals surface area (Å²) in [7, 11) is 1.74. The van der Waals surface area contributed by atoms with E-state index in [0.29, 0.717) is 0 Å². The van der Waals surface area contributed by atoms with E-state index in [2.05, 4.69) is 47.6 Å². The van der Waals surface area contributed by atoms with Crippen LogP contribution in [0.5, 0.6) is 0 Å². The maximum atomic E-state index is 8.81. The number of hydrogen-bond donors (Lipinski definition) is 0. The quantitative estimate of drug-likeness (QED) is 0.586. The molecule has 0 aromatic rings. The molecule has 0 heterocycles. The third-order valence-electron chi connectivity index (χ3n) is 3.98. The maximum absolute atomic E-state index is 8.81. The first-order valence-corrected chi connectivity index (χ1v) is 8.44. The molecule has 0 aromatic heterocycles. The summed E-state index contributed by atoms with van der Waals surface area (Å²) in [6, 6.07) is 0. The zero-order valence-corrected chi connectivity index (χ0v) is 16.2. The second-order valence-corrected chi connectivity index (χ2v) is 6.54. The molecular weight excluding hydrogens is 288 g/mol. The van der Waals surface area contributed by atoms with Crippen molar-refractivity contribution in [1.82, 2.24) is 0 Å². The Morgan fingerprint density at radius 2 is 1.78 bits per heavy atom. The molecule has 0 bridgehead atoms. The van der Waals surface area contributed by atoms with Crippen molar-refractivity contribution in [2.24, 2.45) is 0 Å². The van der Waals surface area contributed by atoms with E-state index in [4.69, 9.17) is 14.3 Å². The van der Waals surface area contributed by atoms with Crippen LogP contribution in [0.4, 0.5) is 0 Å². The molecule has 0 aromatic carbocycles. The Morgan fingerprint density at radius 1 is 1.22 bits per heavy atom. The second-order valence-electron chi connectivity index (χ2n) is 6.54. The van der Waals surface area contributed by atoms with Crippen molar-refractivity contribution >= 4 is 6.29 Å². The molecule has 0 spiro atoms. The zero-order valence-electron chi connectivity index (χ0n) is 16.2. The van der Waals surface area contributed by atoms with E-state index in [1.165, 1.54) is 36.5 Å². The predicted molar refractivity (Wildman–Crippen MR) is 97.2 cm³/mol. The molecule has 0 saturated heterocycles. The Hall–Kier alpha value is -1.51. The molecular formula is C20H34O3. The Balaban J connectivity index is 0.00000149. The average Bonchev–Trinajstić information content (AvgIpc) is 2.58. The van der Waals surface area contributed by atoms with Crippen molar-refractivity contribution in [2.75, 3.05) is 7.11 Å². The lowest BCUT2D eigenvalue weighted by Gasteiger charge is -2.28. The molecule has 23 heavy (non-hydrogen) atoms. The van der Waals surface area contributed by atoms with E-state index in [1.807, 2.05) is 0 Å². The highest BCUT2D eigenvalue weighted by atomic mass is 16.5. The largest absolute Gasteiger partial charge is 0.497 e. The highest BCUT2D eigenvalue weighted by molar-refractivity contribution is 5.44. The lowest BCUT2D eigenvalue weighted by Crippen LogP contribution is -2.24. The molecule has 1 rings (SSSR count). The number of carbonyl (C=O) groups is 1. The van der Waals surface area contributed by atoms with Gasteiger partial charge in [-0.3, -0.25) is 0 Å². The smallest absolute Gasteiger partial charge is 0.121 e. The van der Waals surface area contributed by atoms with Crippen LogP contribution in [0.15, 0.2) is 34.3 Å². The Bertz CT molecular complexity index is 479.